The van der Waals surface area contributed by atoms with Crippen molar-refractivity contribution >= 4 is 5.97 Å². The van der Waals surface area contributed by atoms with Crippen LogP contribution in [0.1, 0.15) is 124 Å². The minimum Gasteiger partial charge on any atom is -0.481 e. The number of rotatable bonds is 5. The molecule has 0 spiro atoms. The molecule has 2 atom stereocenters. The van der Waals surface area contributed by atoms with E-state index in [1.165, 1.54) is 18.4 Å². The van der Waals surface area contributed by atoms with Crippen LogP contribution in [0.3, 0.4) is 0 Å². The lowest BCUT2D eigenvalue weighted by molar-refractivity contribution is -0.141. The number of carboxylic acid groups (broad SMARTS) is 1. The minimum atomic E-state index is -0.706. The summed E-state index contributed by atoms with van der Waals surface area (Å²) in [5, 5.41) is 8.18. The maximum atomic E-state index is 9.93. The highest BCUT2D eigenvalue weighted by atomic mass is 16.4. The molecule has 1 aromatic carbocycles. The Morgan fingerprint density at radius 3 is 1.29 bits per heavy atom. The quantitative estimate of drug-likeness (QED) is 0.529. The number of aliphatic carboxylic acids is 1. The summed E-state index contributed by atoms with van der Waals surface area (Å²) in [7, 11) is 0. The van der Waals surface area contributed by atoms with E-state index in [1.54, 1.807) is 6.92 Å². The minimum absolute atomic E-state index is 0. The Morgan fingerprint density at radius 2 is 1.11 bits per heavy atom. The van der Waals surface area contributed by atoms with Crippen molar-refractivity contribution in [3.05, 3.63) is 35.9 Å². The van der Waals surface area contributed by atoms with Gasteiger partial charge in [-0.3, -0.25) is 4.79 Å². The Morgan fingerprint density at radius 1 is 0.750 bits per heavy atom. The van der Waals surface area contributed by atoms with Gasteiger partial charge in [-0.2, -0.15) is 0 Å². The summed E-state index contributed by atoms with van der Waals surface area (Å²) in [5.74, 6) is 0.707. The van der Waals surface area contributed by atoms with E-state index in [1.807, 2.05) is 6.92 Å². The summed E-state index contributed by atoms with van der Waals surface area (Å²) >= 11 is 0. The van der Waals surface area contributed by atoms with Crippen molar-refractivity contribution < 1.29 is 9.90 Å². The first-order valence-corrected chi connectivity index (χ1v) is 8.57. The van der Waals surface area contributed by atoms with Crippen LogP contribution >= 0.6 is 0 Å². The Kier molecular flexibility index (Phi) is 59.9. The molecule has 0 heterocycles. The van der Waals surface area contributed by atoms with Crippen LogP contribution < -0.4 is 0 Å². The first-order chi connectivity index (χ1) is 10.3. The van der Waals surface area contributed by atoms with Gasteiger partial charge in [0.05, 0.1) is 5.92 Å². The van der Waals surface area contributed by atoms with E-state index >= 15 is 0 Å². The summed E-state index contributed by atoms with van der Waals surface area (Å²) in [4.78, 5) is 9.93. The van der Waals surface area contributed by atoms with Gasteiger partial charge >= 0.3 is 5.97 Å². The van der Waals surface area contributed by atoms with Gasteiger partial charge in [0.15, 0.2) is 0 Å². The summed E-state index contributed by atoms with van der Waals surface area (Å²) in [6, 6.07) is 10.6. The highest BCUT2D eigenvalue weighted by Crippen LogP contribution is 2.16. The molecule has 0 fully saturated rings. The predicted molar refractivity (Wildman–Crippen MR) is 138 cm³/mol. The van der Waals surface area contributed by atoms with Gasteiger partial charge in [-0.15, -0.1) is 0 Å². The monoisotopic (exact) mass is 404 g/mol. The topological polar surface area (TPSA) is 37.3 Å². The molecule has 176 valence electrons. The van der Waals surface area contributed by atoms with Gasteiger partial charge in [-0.25, -0.2) is 0 Å². The average Bonchev–Trinajstić information content (AvgIpc) is 2.55. The summed E-state index contributed by atoms with van der Waals surface area (Å²) in [6.45, 7) is 14.7. The van der Waals surface area contributed by atoms with Crippen molar-refractivity contribution in [1.82, 2.24) is 0 Å². The van der Waals surface area contributed by atoms with Crippen molar-refractivity contribution in [3.8, 4) is 0 Å². The Labute approximate surface area is 182 Å². The Bertz CT molecular complexity index is 358. The smallest absolute Gasteiger partial charge is 0.306 e. The van der Waals surface area contributed by atoms with E-state index in [4.69, 9.17) is 5.11 Å². The lowest BCUT2D eigenvalue weighted by Crippen LogP contribution is -2.06. The molecule has 2 unspecified atom stereocenters. The summed E-state index contributed by atoms with van der Waals surface area (Å²) in [5.41, 5.74) is 1.45. The molecule has 0 radical (unpaired) electrons. The molecule has 0 aliphatic rings. The third kappa shape index (κ3) is 32.4. The van der Waals surface area contributed by atoms with Gasteiger partial charge in [0.25, 0.3) is 0 Å². The molecule has 0 saturated carbocycles. The molecule has 0 saturated heterocycles. The molecule has 28 heavy (non-hydrogen) atoms. The average molecular weight is 405 g/mol. The van der Waals surface area contributed by atoms with E-state index in [9.17, 15) is 4.79 Å². The van der Waals surface area contributed by atoms with E-state index in [2.05, 4.69) is 65.0 Å². The second kappa shape index (κ2) is 33.3. The number of hydrogen-bond donors (Lipinski definition) is 1. The first-order valence-electron chi connectivity index (χ1n) is 8.57. The van der Waals surface area contributed by atoms with Crippen LogP contribution in [0.5, 0.6) is 0 Å². The molecular formula is C26H60O2. The Balaban J connectivity index is -0.0000000338. The second-order valence-corrected chi connectivity index (χ2v) is 6.17. The zero-order valence-electron chi connectivity index (χ0n) is 15.6. The maximum Gasteiger partial charge on any atom is 0.306 e. The number of benzene rings is 1. The van der Waals surface area contributed by atoms with Gasteiger partial charge in [0.1, 0.15) is 0 Å². The number of hydrogen-bond acceptors (Lipinski definition) is 1. The van der Waals surface area contributed by atoms with E-state index in [0.717, 1.165) is 12.3 Å². The predicted octanol–water partition coefficient (Wildman–Crippen LogP) is 10.2. The van der Waals surface area contributed by atoms with Crippen LogP contribution in [0.2, 0.25) is 0 Å². The summed E-state index contributed by atoms with van der Waals surface area (Å²) in [6.07, 6.45) is 3.25. The molecule has 0 amide bonds. The molecule has 1 rings (SSSR count). The number of carbonyl (C=O) groups is 1. The maximum absolute atomic E-state index is 9.93. The highest BCUT2D eigenvalue weighted by Gasteiger charge is 2.05. The van der Waals surface area contributed by atoms with Crippen molar-refractivity contribution in [3.63, 3.8) is 0 Å². The first kappa shape index (κ1) is 50.4. The zero-order chi connectivity index (χ0) is 17.5. The third-order valence-electron chi connectivity index (χ3n) is 3.83. The largest absolute Gasteiger partial charge is 0.481 e. The molecule has 0 aliphatic carbocycles. The normalized spacial score (nSPS) is 9.71. The second-order valence-electron chi connectivity index (χ2n) is 6.17. The molecule has 0 aliphatic heterocycles. The number of carboxylic acids is 1. The van der Waals surface area contributed by atoms with Crippen LogP contribution in [0.15, 0.2) is 30.3 Å². The molecule has 1 N–H and O–H groups in total. The van der Waals surface area contributed by atoms with E-state index in [0.29, 0.717) is 5.92 Å². The molecule has 2 nitrogen and oxygen atoms in total. The van der Waals surface area contributed by atoms with Gasteiger partial charge < -0.3 is 5.11 Å². The highest BCUT2D eigenvalue weighted by molar-refractivity contribution is 5.69. The molecule has 0 bridgehead atoms. The lowest BCUT2D eigenvalue weighted by Gasteiger charge is -2.06. The van der Waals surface area contributed by atoms with Crippen molar-refractivity contribution in [2.45, 2.75) is 118 Å². The van der Waals surface area contributed by atoms with Crippen LogP contribution in [0, 0.1) is 11.8 Å². The fourth-order valence-corrected chi connectivity index (χ4v) is 1.19. The SMILES string of the molecule is C.C.C.C.C.C.CCC(C)C.CCC(C)C(=O)O.CCC(C)c1ccccc1. The van der Waals surface area contributed by atoms with Gasteiger partial charge in [-0.05, 0) is 30.2 Å². The van der Waals surface area contributed by atoms with Crippen LogP contribution in [0.25, 0.3) is 0 Å². The van der Waals surface area contributed by atoms with Crippen molar-refractivity contribution in [2.24, 2.45) is 11.8 Å². The van der Waals surface area contributed by atoms with Crippen LogP contribution in [-0.4, -0.2) is 11.1 Å². The third-order valence-corrected chi connectivity index (χ3v) is 3.83. The molecular weight excluding hydrogens is 344 g/mol. The summed E-state index contributed by atoms with van der Waals surface area (Å²) < 4.78 is 0. The van der Waals surface area contributed by atoms with E-state index < -0.39 is 5.97 Å². The molecule has 2 heteroatoms. The molecule has 0 aromatic heterocycles. The fourth-order valence-electron chi connectivity index (χ4n) is 1.19. The Hall–Kier alpha value is -1.31. The van der Waals surface area contributed by atoms with Gasteiger partial charge in [-0.1, -0.05) is 130 Å². The molecule has 1 aromatic rings. The van der Waals surface area contributed by atoms with Crippen molar-refractivity contribution in [1.29, 1.82) is 0 Å². The zero-order valence-corrected chi connectivity index (χ0v) is 15.6. The fraction of sp³-hybridized carbons (Fsp3) is 0.731. The van der Waals surface area contributed by atoms with Gasteiger partial charge in [0, 0.05) is 0 Å². The van der Waals surface area contributed by atoms with Crippen LogP contribution in [-0.2, 0) is 4.79 Å². The standard InChI is InChI=1S/C10H14.C5H10O2.C5H12.6CH4/c1-3-9(2)10-7-5-4-6-8-10;1-3-4(2)5(6)7;1-4-5(2)3;;;;;;/h4-9H,3H2,1-2H3;4H,3H2,1-2H3,(H,6,7);5H,4H2,1-3H3;6*1H4. The van der Waals surface area contributed by atoms with E-state index in [-0.39, 0.29) is 50.5 Å². The van der Waals surface area contributed by atoms with Gasteiger partial charge in [0.2, 0.25) is 0 Å². The van der Waals surface area contributed by atoms with Crippen molar-refractivity contribution in [2.75, 3.05) is 0 Å². The lowest BCUT2D eigenvalue weighted by atomic mass is 9.99. The van der Waals surface area contributed by atoms with Crippen LogP contribution in [0.4, 0.5) is 0 Å².